The van der Waals surface area contributed by atoms with Crippen LogP contribution in [0.15, 0.2) is 0 Å². The monoisotopic (exact) mass is 235 g/mol. The van der Waals surface area contributed by atoms with Crippen LogP contribution in [-0.2, 0) is 18.0 Å². The summed E-state index contributed by atoms with van der Waals surface area (Å²) >= 11 is 0. The molecule has 6 heteroatoms. The molecule has 1 N–H and O–H groups in total. The predicted molar refractivity (Wildman–Crippen MR) is 58.6 cm³/mol. The van der Waals surface area contributed by atoms with Crippen LogP contribution < -0.4 is 5.32 Å². The topological polar surface area (TPSA) is 52.2 Å². The third-order valence-electron chi connectivity index (χ3n) is 2.68. The van der Waals surface area contributed by atoms with E-state index in [4.69, 9.17) is 18.0 Å². The van der Waals surface area contributed by atoms with Crippen molar-refractivity contribution < 1.29 is 18.0 Å². The standard InChI is InChI=1S/C9H21NO4Si/c1-5-9(10-6-8-7-14-8)15(11-2,12-3)13-4/h8-10H,5-7H2,1-4H3. The summed E-state index contributed by atoms with van der Waals surface area (Å²) in [5, 5.41) is 3.39. The molecule has 1 fully saturated rings. The minimum absolute atomic E-state index is 0.127. The van der Waals surface area contributed by atoms with E-state index in [0.29, 0.717) is 6.10 Å². The molecular formula is C9H21NO4Si. The van der Waals surface area contributed by atoms with E-state index < -0.39 is 8.80 Å². The predicted octanol–water partition coefficient (Wildman–Crippen LogP) is 0.171. The molecule has 0 saturated carbocycles. The van der Waals surface area contributed by atoms with Crippen molar-refractivity contribution in [1.82, 2.24) is 5.32 Å². The van der Waals surface area contributed by atoms with Gasteiger partial charge in [-0.3, -0.25) is 0 Å². The first kappa shape index (κ1) is 13.1. The van der Waals surface area contributed by atoms with Crippen LogP contribution in [0, 0.1) is 0 Å². The van der Waals surface area contributed by atoms with Crippen LogP contribution in [0.1, 0.15) is 13.3 Å². The number of hydrogen-bond donors (Lipinski definition) is 1. The molecule has 0 bridgehead atoms. The number of ether oxygens (including phenoxy) is 1. The summed E-state index contributed by atoms with van der Waals surface area (Å²) in [4.78, 5) is 0. The Balaban J connectivity index is 2.50. The fourth-order valence-corrected chi connectivity index (χ4v) is 3.88. The summed E-state index contributed by atoms with van der Waals surface area (Å²) in [6.45, 7) is 3.78. The fourth-order valence-electron chi connectivity index (χ4n) is 1.66. The molecule has 0 aromatic carbocycles. The molecule has 2 unspecified atom stereocenters. The summed E-state index contributed by atoms with van der Waals surface area (Å²) in [7, 11) is 2.36. The van der Waals surface area contributed by atoms with Crippen molar-refractivity contribution in [3.8, 4) is 0 Å². The Labute approximate surface area is 92.4 Å². The van der Waals surface area contributed by atoms with E-state index in [1.165, 1.54) is 0 Å². The van der Waals surface area contributed by atoms with Gasteiger partial charge < -0.3 is 23.3 Å². The highest BCUT2D eigenvalue weighted by molar-refractivity contribution is 6.62. The molecular weight excluding hydrogens is 214 g/mol. The molecule has 0 spiro atoms. The number of epoxide rings is 1. The molecule has 0 amide bonds. The third-order valence-corrected chi connectivity index (χ3v) is 5.86. The Morgan fingerprint density at radius 1 is 1.33 bits per heavy atom. The van der Waals surface area contributed by atoms with Gasteiger partial charge in [-0.1, -0.05) is 6.92 Å². The molecule has 90 valence electrons. The zero-order valence-electron chi connectivity index (χ0n) is 9.91. The molecule has 1 saturated heterocycles. The van der Waals surface area contributed by atoms with Crippen LogP contribution in [-0.4, -0.2) is 55.1 Å². The van der Waals surface area contributed by atoms with E-state index in [1.807, 2.05) is 0 Å². The highest BCUT2D eigenvalue weighted by Gasteiger charge is 2.46. The van der Waals surface area contributed by atoms with Gasteiger partial charge in [0.05, 0.1) is 18.4 Å². The van der Waals surface area contributed by atoms with Gasteiger partial charge in [-0.25, -0.2) is 0 Å². The van der Waals surface area contributed by atoms with E-state index in [-0.39, 0.29) is 5.67 Å². The first-order valence-electron chi connectivity index (χ1n) is 5.22. The van der Waals surface area contributed by atoms with Crippen molar-refractivity contribution in [2.45, 2.75) is 25.1 Å². The van der Waals surface area contributed by atoms with Gasteiger partial charge in [-0.2, -0.15) is 0 Å². The van der Waals surface area contributed by atoms with Crippen LogP contribution >= 0.6 is 0 Å². The Hall–Kier alpha value is 0.0169. The lowest BCUT2D eigenvalue weighted by Gasteiger charge is -2.32. The van der Waals surface area contributed by atoms with Crippen LogP contribution in [0.3, 0.4) is 0 Å². The number of nitrogens with one attached hydrogen (secondary N) is 1. The Morgan fingerprint density at radius 2 is 1.87 bits per heavy atom. The molecule has 5 nitrogen and oxygen atoms in total. The minimum atomic E-state index is -2.55. The van der Waals surface area contributed by atoms with Crippen molar-refractivity contribution in [1.29, 1.82) is 0 Å². The first-order chi connectivity index (χ1) is 7.22. The lowest BCUT2D eigenvalue weighted by atomic mass is 10.4. The first-order valence-corrected chi connectivity index (χ1v) is 7.03. The average Bonchev–Trinajstić information content (AvgIpc) is 3.09. The molecule has 15 heavy (non-hydrogen) atoms. The average molecular weight is 235 g/mol. The smallest absolute Gasteiger partial charge is 0.376 e. The summed E-state index contributed by atoms with van der Waals surface area (Å²) in [5.41, 5.74) is 0.127. The quantitative estimate of drug-likeness (QED) is 0.480. The normalized spacial score (nSPS) is 22.8. The molecule has 0 aromatic rings. The fraction of sp³-hybridized carbons (Fsp3) is 1.00. The van der Waals surface area contributed by atoms with Gasteiger partial charge in [-0.05, 0) is 6.42 Å². The lowest BCUT2D eigenvalue weighted by Crippen LogP contribution is -2.60. The van der Waals surface area contributed by atoms with Crippen molar-refractivity contribution in [3.63, 3.8) is 0 Å². The van der Waals surface area contributed by atoms with Crippen LogP contribution in [0.5, 0.6) is 0 Å². The van der Waals surface area contributed by atoms with Crippen molar-refractivity contribution in [3.05, 3.63) is 0 Å². The molecule has 0 aromatic heterocycles. The Morgan fingerprint density at radius 3 is 2.20 bits per heavy atom. The maximum atomic E-state index is 5.43. The summed E-state index contributed by atoms with van der Waals surface area (Å²) in [6, 6.07) is 0. The zero-order valence-corrected chi connectivity index (χ0v) is 10.9. The Bertz CT molecular complexity index is 177. The highest BCUT2D eigenvalue weighted by atomic mass is 28.4. The van der Waals surface area contributed by atoms with Crippen LogP contribution in [0.4, 0.5) is 0 Å². The maximum absolute atomic E-state index is 5.43. The summed E-state index contributed by atoms with van der Waals surface area (Å²) < 4.78 is 21.4. The van der Waals surface area contributed by atoms with E-state index >= 15 is 0 Å². The molecule has 0 aliphatic carbocycles. The largest absolute Gasteiger partial charge is 0.517 e. The lowest BCUT2D eigenvalue weighted by molar-refractivity contribution is 0.106. The van der Waals surface area contributed by atoms with Crippen LogP contribution in [0.25, 0.3) is 0 Å². The molecule has 0 radical (unpaired) electrons. The second-order valence-corrected chi connectivity index (χ2v) is 6.67. The number of hydrogen-bond acceptors (Lipinski definition) is 5. The summed E-state index contributed by atoms with van der Waals surface area (Å²) in [5.74, 6) is 0. The second kappa shape index (κ2) is 5.93. The third kappa shape index (κ3) is 3.23. The van der Waals surface area contributed by atoms with Crippen molar-refractivity contribution in [2.75, 3.05) is 34.5 Å². The zero-order chi connectivity index (χ0) is 11.3. The minimum Gasteiger partial charge on any atom is -0.376 e. The van der Waals surface area contributed by atoms with E-state index in [1.54, 1.807) is 21.3 Å². The van der Waals surface area contributed by atoms with Gasteiger partial charge in [0.15, 0.2) is 0 Å². The van der Waals surface area contributed by atoms with E-state index in [9.17, 15) is 0 Å². The highest BCUT2D eigenvalue weighted by Crippen LogP contribution is 2.16. The Kier molecular flexibility index (Phi) is 5.17. The molecule has 1 rings (SSSR count). The number of rotatable bonds is 8. The molecule has 1 heterocycles. The van der Waals surface area contributed by atoms with Crippen LogP contribution in [0.2, 0.25) is 0 Å². The van der Waals surface area contributed by atoms with Gasteiger partial charge >= 0.3 is 8.80 Å². The van der Waals surface area contributed by atoms with Gasteiger partial charge in [0, 0.05) is 27.9 Å². The van der Waals surface area contributed by atoms with E-state index in [0.717, 1.165) is 19.6 Å². The maximum Gasteiger partial charge on any atom is 0.517 e. The molecule has 1 aliphatic heterocycles. The van der Waals surface area contributed by atoms with Gasteiger partial charge in [0.2, 0.25) is 0 Å². The molecule has 1 aliphatic rings. The van der Waals surface area contributed by atoms with Gasteiger partial charge in [0.25, 0.3) is 0 Å². The van der Waals surface area contributed by atoms with Gasteiger partial charge in [-0.15, -0.1) is 0 Å². The van der Waals surface area contributed by atoms with E-state index in [2.05, 4.69) is 12.2 Å². The van der Waals surface area contributed by atoms with Gasteiger partial charge in [0.1, 0.15) is 0 Å². The SMILES string of the molecule is CCC(NCC1CO1)[Si](OC)(OC)OC. The molecule has 2 atom stereocenters. The van der Waals surface area contributed by atoms with Crippen molar-refractivity contribution >= 4 is 8.80 Å². The second-order valence-electron chi connectivity index (χ2n) is 3.54. The summed E-state index contributed by atoms with van der Waals surface area (Å²) in [6.07, 6.45) is 1.27. The van der Waals surface area contributed by atoms with Crippen molar-refractivity contribution in [2.24, 2.45) is 0 Å².